The minimum Gasteiger partial charge on any atom is -0.478 e. The number of nitrogens with one attached hydrogen (secondary N) is 2. The predicted octanol–water partition coefficient (Wildman–Crippen LogP) is 9.09. The third-order valence-corrected chi connectivity index (χ3v) is 8.16. The van der Waals surface area contributed by atoms with Gasteiger partial charge in [0.1, 0.15) is 0 Å². The minimum absolute atomic E-state index is 0.211. The van der Waals surface area contributed by atoms with E-state index in [0.717, 1.165) is 55.7 Å². The van der Waals surface area contributed by atoms with Crippen LogP contribution in [0.5, 0.6) is 0 Å². The minimum atomic E-state index is -0.976. The Morgan fingerprint density at radius 1 is 0.553 bits per heavy atom. The van der Waals surface area contributed by atoms with Crippen molar-refractivity contribution in [2.24, 2.45) is 0 Å². The molecule has 222 valence electrons. The van der Waals surface area contributed by atoms with Gasteiger partial charge in [-0.3, -0.25) is 0 Å². The van der Waals surface area contributed by atoms with Crippen LogP contribution in [0.4, 0.5) is 0 Å². The summed E-state index contributed by atoms with van der Waals surface area (Å²) in [5.74, 6) is 5.60. The molecule has 8 bridgehead atoms. The summed E-state index contributed by atoms with van der Waals surface area (Å²) >= 11 is 0. The molecule has 0 atom stereocenters. The van der Waals surface area contributed by atoms with Crippen molar-refractivity contribution in [3.8, 4) is 34.1 Å². The number of hydrogen-bond acceptors (Lipinski definition) is 3. The Bertz CT molecular complexity index is 2340. The third-order valence-electron chi connectivity index (χ3n) is 8.16. The molecule has 0 saturated carbocycles. The number of aromatic amines is 2. The van der Waals surface area contributed by atoms with E-state index in [9.17, 15) is 9.90 Å². The maximum Gasteiger partial charge on any atom is 0.335 e. The summed E-state index contributed by atoms with van der Waals surface area (Å²) < 4.78 is 0. The molecule has 47 heavy (non-hydrogen) atoms. The number of carbonyl (C=O) groups is 1. The van der Waals surface area contributed by atoms with Crippen LogP contribution in [-0.2, 0) is 0 Å². The van der Waals surface area contributed by atoms with Gasteiger partial charge in [-0.15, -0.1) is 0 Å². The molecule has 0 radical (unpaired) electrons. The first-order valence-electron chi connectivity index (χ1n) is 15.2. The van der Waals surface area contributed by atoms with E-state index in [1.807, 2.05) is 60.7 Å². The lowest BCUT2D eigenvalue weighted by Gasteiger charge is -2.04. The van der Waals surface area contributed by atoms with Crippen LogP contribution in [0.2, 0.25) is 0 Å². The van der Waals surface area contributed by atoms with Crippen LogP contribution in [-0.4, -0.2) is 31.0 Å². The number of H-pyrrole nitrogens is 2. The van der Waals surface area contributed by atoms with E-state index in [1.165, 1.54) is 0 Å². The molecule has 0 unspecified atom stereocenters. The third kappa shape index (κ3) is 5.43. The summed E-state index contributed by atoms with van der Waals surface area (Å²) in [4.78, 5) is 28.9. The molecule has 0 spiro atoms. The fourth-order valence-corrected chi connectivity index (χ4v) is 5.92. The smallest absolute Gasteiger partial charge is 0.335 e. The molecule has 0 fully saturated rings. The summed E-state index contributed by atoms with van der Waals surface area (Å²) in [6.45, 7) is 0. The van der Waals surface area contributed by atoms with Gasteiger partial charge in [-0.05, 0) is 90.0 Å². The van der Waals surface area contributed by atoms with Gasteiger partial charge < -0.3 is 15.1 Å². The molecule has 2 aliphatic heterocycles. The first-order valence-corrected chi connectivity index (χ1v) is 15.2. The van der Waals surface area contributed by atoms with Crippen molar-refractivity contribution in [3.63, 3.8) is 0 Å². The number of carboxylic acids is 1. The van der Waals surface area contributed by atoms with Crippen LogP contribution in [0.15, 0.2) is 115 Å². The van der Waals surface area contributed by atoms with Crippen molar-refractivity contribution in [2.45, 2.75) is 0 Å². The number of fused-ring (bicyclic) bond motifs is 8. The summed E-state index contributed by atoms with van der Waals surface area (Å²) in [5.41, 5.74) is 12.4. The molecule has 3 N–H and O–H groups in total. The highest BCUT2D eigenvalue weighted by Crippen LogP contribution is 2.33. The van der Waals surface area contributed by atoms with E-state index in [1.54, 1.807) is 24.3 Å². The van der Waals surface area contributed by atoms with Crippen molar-refractivity contribution in [1.29, 1.82) is 0 Å². The van der Waals surface area contributed by atoms with Crippen molar-refractivity contribution < 1.29 is 9.90 Å². The Morgan fingerprint density at radius 2 is 1.04 bits per heavy atom. The van der Waals surface area contributed by atoms with Crippen LogP contribution in [0.1, 0.15) is 44.3 Å². The molecule has 5 heterocycles. The topological polar surface area (TPSA) is 94.7 Å². The van der Waals surface area contributed by atoms with Gasteiger partial charge in [0.25, 0.3) is 0 Å². The second-order valence-electron chi connectivity index (χ2n) is 11.2. The summed E-state index contributed by atoms with van der Waals surface area (Å²) in [7, 11) is 0. The van der Waals surface area contributed by atoms with Gasteiger partial charge in [0, 0.05) is 38.8 Å². The molecule has 0 amide bonds. The Kier molecular flexibility index (Phi) is 6.90. The zero-order chi connectivity index (χ0) is 31.7. The van der Waals surface area contributed by atoms with E-state index in [4.69, 9.17) is 9.97 Å². The lowest BCUT2D eigenvalue weighted by atomic mass is 10.0. The van der Waals surface area contributed by atoms with E-state index in [-0.39, 0.29) is 5.56 Å². The lowest BCUT2D eigenvalue weighted by Crippen LogP contribution is -1.95. The molecule has 8 rings (SSSR count). The van der Waals surface area contributed by atoms with Gasteiger partial charge >= 0.3 is 5.97 Å². The standard InChI is InChI=1S/C41H26N4O2/c46-41(47)29-14-11-26(12-15-29)13-18-32-33-21-23-37(44-33)39(27-7-3-1-4-8-27)35-19-16-30(42-35)25-31-17-20-36(43-31)40(28-9-5-2-6-10-28)38-24-22-34(32)45-38/h1-12,14-17,19-25,42-43H,(H,46,47). The van der Waals surface area contributed by atoms with Gasteiger partial charge in [-0.1, -0.05) is 72.5 Å². The fourth-order valence-electron chi connectivity index (χ4n) is 5.92. The maximum absolute atomic E-state index is 11.4. The first-order chi connectivity index (χ1) is 23.1. The van der Waals surface area contributed by atoms with Crippen molar-refractivity contribution in [1.82, 2.24) is 19.9 Å². The average Bonchev–Trinajstić information content (AvgIpc) is 3.93. The zero-order valence-electron chi connectivity index (χ0n) is 25.0. The molecule has 6 nitrogen and oxygen atoms in total. The van der Waals surface area contributed by atoms with Crippen LogP contribution in [0.25, 0.3) is 68.6 Å². The van der Waals surface area contributed by atoms with Gasteiger partial charge in [0.05, 0.1) is 33.9 Å². The van der Waals surface area contributed by atoms with Gasteiger partial charge in [-0.2, -0.15) is 0 Å². The zero-order valence-corrected chi connectivity index (χ0v) is 25.0. The van der Waals surface area contributed by atoms with E-state index < -0.39 is 5.97 Å². The van der Waals surface area contributed by atoms with Crippen LogP contribution < -0.4 is 0 Å². The van der Waals surface area contributed by atoms with Crippen molar-refractivity contribution in [3.05, 3.63) is 155 Å². The molecule has 3 aromatic carbocycles. The predicted molar refractivity (Wildman–Crippen MR) is 189 cm³/mol. The lowest BCUT2D eigenvalue weighted by molar-refractivity contribution is 0.0697. The quantitative estimate of drug-likeness (QED) is 0.175. The van der Waals surface area contributed by atoms with Crippen LogP contribution >= 0.6 is 0 Å². The Labute approximate surface area is 270 Å². The molecule has 6 heteroatoms. The van der Waals surface area contributed by atoms with Crippen LogP contribution in [0.3, 0.4) is 0 Å². The Balaban J connectivity index is 1.46. The molecule has 0 saturated heterocycles. The van der Waals surface area contributed by atoms with Gasteiger partial charge in [0.15, 0.2) is 0 Å². The normalized spacial score (nSPS) is 11.7. The number of aromatic carboxylic acids is 1. The number of rotatable bonds is 3. The van der Waals surface area contributed by atoms with E-state index in [2.05, 4.69) is 76.4 Å². The molecular formula is C41H26N4O2. The number of nitrogens with zero attached hydrogens (tertiary/aromatic N) is 2. The largest absolute Gasteiger partial charge is 0.478 e. The molecule has 2 aliphatic rings. The summed E-state index contributed by atoms with van der Waals surface area (Å²) in [5, 5.41) is 9.34. The molecule has 6 aromatic rings. The Morgan fingerprint density at radius 3 is 1.53 bits per heavy atom. The highest BCUT2D eigenvalue weighted by molar-refractivity contribution is 5.94. The number of carboxylic acid groups (broad SMARTS) is 1. The highest BCUT2D eigenvalue weighted by Gasteiger charge is 2.16. The first kappa shape index (κ1) is 27.8. The summed E-state index contributed by atoms with van der Waals surface area (Å²) in [6, 6.07) is 37.4. The Hall–Kier alpha value is -6.71. The maximum atomic E-state index is 11.4. The van der Waals surface area contributed by atoms with Gasteiger partial charge in [0.2, 0.25) is 0 Å². The highest BCUT2D eigenvalue weighted by atomic mass is 16.4. The summed E-state index contributed by atoms with van der Waals surface area (Å²) in [6.07, 6.45) is 8.00. The van der Waals surface area contributed by atoms with E-state index >= 15 is 0 Å². The number of aromatic nitrogens is 4. The SMILES string of the molecule is O=C(O)c1ccc(C#Cc2c3nc(c(-c4ccccc4)c4ccc(cc5ccc([nH]5)c(-c5ccccc5)c5nc2C=C5)[nH]4)C=C3)cc1. The molecule has 0 aliphatic carbocycles. The number of benzene rings is 3. The van der Waals surface area contributed by atoms with Gasteiger partial charge in [-0.25, -0.2) is 14.8 Å². The van der Waals surface area contributed by atoms with E-state index in [0.29, 0.717) is 22.5 Å². The molecule has 3 aromatic heterocycles. The average molecular weight is 607 g/mol. The molecular weight excluding hydrogens is 580 g/mol. The van der Waals surface area contributed by atoms with Crippen LogP contribution in [0, 0.1) is 11.8 Å². The monoisotopic (exact) mass is 606 g/mol. The second kappa shape index (κ2) is 11.7. The van der Waals surface area contributed by atoms with Crippen molar-refractivity contribution in [2.75, 3.05) is 0 Å². The fraction of sp³-hybridized carbons (Fsp3) is 0. The van der Waals surface area contributed by atoms with Crippen molar-refractivity contribution >= 4 is 52.3 Å². The number of hydrogen-bond donors (Lipinski definition) is 3. The second-order valence-corrected chi connectivity index (χ2v) is 11.2.